The Morgan fingerprint density at radius 1 is 1.25 bits per heavy atom. The van der Waals surface area contributed by atoms with Gasteiger partial charge in [0.25, 0.3) is 0 Å². The van der Waals surface area contributed by atoms with Crippen molar-refractivity contribution >= 4 is 17.4 Å². The first-order valence-electron chi connectivity index (χ1n) is 7.70. The number of para-hydroxylation sites is 2. The number of aromatic nitrogens is 1. The van der Waals surface area contributed by atoms with Crippen molar-refractivity contribution in [3.63, 3.8) is 0 Å². The number of ketones is 1. The molecule has 1 saturated heterocycles. The second-order valence-corrected chi connectivity index (χ2v) is 5.66. The van der Waals surface area contributed by atoms with Crippen LogP contribution < -0.4 is 9.64 Å². The van der Waals surface area contributed by atoms with Gasteiger partial charge < -0.3 is 14.7 Å². The summed E-state index contributed by atoms with van der Waals surface area (Å²) < 4.78 is 5.36. The number of pyridine rings is 1. The van der Waals surface area contributed by atoms with Crippen LogP contribution in [-0.4, -0.2) is 41.0 Å². The monoisotopic (exact) mass is 326 g/mol. The summed E-state index contributed by atoms with van der Waals surface area (Å²) in [6, 6.07) is 10.4. The molecule has 124 valence electrons. The predicted molar refractivity (Wildman–Crippen MR) is 88.5 cm³/mol. The molecule has 3 rings (SSSR count). The largest absolute Gasteiger partial charge is 0.495 e. The van der Waals surface area contributed by atoms with E-state index in [9.17, 15) is 14.7 Å². The smallest absolute Gasteiger partial charge is 0.337 e. The zero-order valence-electron chi connectivity index (χ0n) is 13.3. The van der Waals surface area contributed by atoms with Crippen molar-refractivity contribution in [2.75, 3.05) is 18.6 Å². The van der Waals surface area contributed by atoms with Gasteiger partial charge in [0.1, 0.15) is 5.75 Å². The molecule has 1 atom stereocenters. The van der Waals surface area contributed by atoms with Gasteiger partial charge in [-0.25, -0.2) is 4.79 Å². The summed E-state index contributed by atoms with van der Waals surface area (Å²) >= 11 is 0. The number of aliphatic carboxylic acids is 1. The molecule has 1 aliphatic rings. The first-order chi connectivity index (χ1) is 11.6. The van der Waals surface area contributed by atoms with Crippen molar-refractivity contribution < 1.29 is 19.4 Å². The third-order valence-corrected chi connectivity index (χ3v) is 4.41. The third-order valence-electron chi connectivity index (χ3n) is 4.41. The number of hydrogen-bond acceptors (Lipinski definition) is 5. The van der Waals surface area contributed by atoms with Crippen LogP contribution in [0.2, 0.25) is 0 Å². The van der Waals surface area contributed by atoms with Gasteiger partial charge in [0, 0.05) is 24.5 Å². The lowest BCUT2D eigenvalue weighted by molar-refractivity contribution is -0.141. The molecule has 0 amide bonds. The van der Waals surface area contributed by atoms with Crippen molar-refractivity contribution in [1.29, 1.82) is 0 Å². The van der Waals surface area contributed by atoms with Gasteiger partial charge in [-0.1, -0.05) is 12.1 Å². The SMILES string of the molecule is COc1ccccc1N1CCCC1(C(=O)O)C(=O)c1cccnc1. The number of carboxylic acid groups (broad SMARTS) is 1. The van der Waals surface area contributed by atoms with E-state index in [0.29, 0.717) is 30.0 Å². The van der Waals surface area contributed by atoms with Crippen molar-refractivity contribution in [3.05, 3.63) is 54.4 Å². The lowest BCUT2D eigenvalue weighted by Gasteiger charge is -2.35. The van der Waals surface area contributed by atoms with E-state index in [1.54, 1.807) is 41.4 Å². The quantitative estimate of drug-likeness (QED) is 0.671. The number of carboxylic acids is 1. The van der Waals surface area contributed by atoms with E-state index in [1.807, 2.05) is 6.07 Å². The van der Waals surface area contributed by atoms with Crippen molar-refractivity contribution in [3.8, 4) is 5.75 Å². The maximum atomic E-state index is 13.1. The highest BCUT2D eigenvalue weighted by Crippen LogP contribution is 2.41. The summed E-state index contributed by atoms with van der Waals surface area (Å²) in [6.45, 7) is 0.471. The lowest BCUT2D eigenvalue weighted by atomic mass is 9.86. The molecule has 1 fully saturated rings. The maximum absolute atomic E-state index is 13.1. The van der Waals surface area contributed by atoms with E-state index >= 15 is 0 Å². The normalized spacial score (nSPS) is 20.0. The Bertz CT molecular complexity index is 763. The molecule has 6 heteroatoms. The molecule has 0 aliphatic carbocycles. The van der Waals surface area contributed by atoms with Crippen LogP contribution in [0.15, 0.2) is 48.8 Å². The number of rotatable bonds is 5. The van der Waals surface area contributed by atoms with Gasteiger partial charge in [0.15, 0.2) is 0 Å². The Kier molecular flexibility index (Phi) is 4.20. The van der Waals surface area contributed by atoms with Crippen molar-refractivity contribution in [2.45, 2.75) is 18.4 Å². The highest BCUT2D eigenvalue weighted by atomic mass is 16.5. The standard InChI is InChI=1S/C18H18N2O4/c1-24-15-8-3-2-7-14(15)20-11-5-9-18(20,17(22)23)16(21)13-6-4-10-19-12-13/h2-4,6-8,10,12H,5,9,11H2,1H3,(H,22,23). The predicted octanol–water partition coefficient (Wildman–Crippen LogP) is 2.40. The average Bonchev–Trinajstić information content (AvgIpc) is 3.07. The van der Waals surface area contributed by atoms with Crippen LogP contribution in [0.3, 0.4) is 0 Å². The van der Waals surface area contributed by atoms with Crippen LogP contribution in [0.5, 0.6) is 5.75 Å². The summed E-state index contributed by atoms with van der Waals surface area (Å²) in [5.41, 5.74) is -0.740. The summed E-state index contributed by atoms with van der Waals surface area (Å²) in [5, 5.41) is 9.97. The van der Waals surface area contributed by atoms with Gasteiger partial charge in [-0.3, -0.25) is 9.78 Å². The number of carbonyl (C=O) groups is 2. The highest BCUT2D eigenvalue weighted by Gasteiger charge is 2.54. The van der Waals surface area contributed by atoms with Gasteiger partial charge in [-0.05, 0) is 37.1 Å². The molecule has 1 aromatic heterocycles. The molecule has 24 heavy (non-hydrogen) atoms. The Balaban J connectivity index is 2.12. The molecule has 0 spiro atoms. The van der Waals surface area contributed by atoms with Crippen LogP contribution in [0.1, 0.15) is 23.2 Å². The fraction of sp³-hybridized carbons (Fsp3) is 0.278. The Morgan fingerprint density at radius 3 is 2.71 bits per heavy atom. The fourth-order valence-corrected chi connectivity index (χ4v) is 3.29. The van der Waals surface area contributed by atoms with E-state index in [1.165, 1.54) is 13.3 Å². The van der Waals surface area contributed by atoms with Gasteiger partial charge >= 0.3 is 5.97 Å². The number of benzene rings is 1. The molecule has 0 bridgehead atoms. The number of hydrogen-bond donors (Lipinski definition) is 1. The molecule has 0 radical (unpaired) electrons. The second kappa shape index (κ2) is 6.31. The lowest BCUT2D eigenvalue weighted by Crippen LogP contribution is -2.57. The van der Waals surface area contributed by atoms with E-state index in [2.05, 4.69) is 4.98 Å². The second-order valence-electron chi connectivity index (χ2n) is 5.66. The fourth-order valence-electron chi connectivity index (χ4n) is 3.29. The van der Waals surface area contributed by atoms with Crippen LogP contribution in [-0.2, 0) is 4.79 Å². The van der Waals surface area contributed by atoms with Gasteiger partial charge in [-0.2, -0.15) is 0 Å². The zero-order chi connectivity index (χ0) is 17.2. The molecule has 2 aromatic rings. The number of ether oxygens (including phenoxy) is 1. The minimum atomic E-state index is -1.64. The van der Waals surface area contributed by atoms with E-state index in [4.69, 9.17) is 4.74 Å². The summed E-state index contributed by atoms with van der Waals surface area (Å²) in [7, 11) is 1.53. The van der Waals surface area contributed by atoms with E-state index < -0.39 is 17.3 Å². The molecule has 1 aromatic carbocycles. The third kappa shape index (κ3) is 2.40. The van der Waals surface area contributed by atoms with Crippen LogP contribution in [0.25, 0.3) is 0 Å². The average molecular weight is 326 g/mol. The van der Waals surface area contributed by atoms with Gasteiger partial charge in [0.05, 0.1) is 12.8 Å². The Labute approximate surface area is 139 Å². The Hall–Kier alpha value is -2.89. The van der Waals surface area contributed by atoms with E-state index in [-0.39, 0.29) is 6.42 Å². The topological polar surface area (TPSA) is 79.7 Å². The van der Waals surface area contributed by atoms with Crippen molar-refractivity contribution in [2.24, 2.45) is 0 Å². The van der Waals surface area contributed by atoms with Crippen molar-refractivity contribution in [1.82, 2.24) is 4.98 Å². The Morgan fingerprint density at radius 2 is 2.04 bits per heavy atom. The molecular formula is C18H18N2O4. The molecule has 1 aliphatic heterocycles. The molecular weight excluding hydrogens is 308 g/mol. The summed E-state index contributed by atoms with van der Waals surface area (Å²) in [6.07, 6.45) is 3.81. The minimum absolute atomic E-state index is 0.244. The number of carbonyl (C=O) groups excluding carboxylic acids is 1. The first kappa shape index (κ1) is 16.0. The van der Waals surface area contributed by atoms with Crippen LogP contribution >= 0.6 is 0 Å². The van der Waals surface area contributed by atoms with Crippen LogP contribution in [0.4, 0.5) is 5.69 Å². The summed E-state index contributed by atoms with van der Waals surface area (Å²) in [5.74, 6) is -1.06. The van der Waals surface area contributed by atoms with Gasteiger partial charge in [-0.15, -0.1) is 0 Å². The number of methoxy groups -OCH3 is 1. The molecule has 6 nitrogen and oxygen atoms in total. The number of Topliss-reactive ketones (excluding diaryl/α,β-unsaturated/α-hetero) is 1. The minimum Gasteiger partial charge on any atom is -0.495 e. The molecule has 0 saturated carbocycles. The molecule has 1 N–H and O–H groups in total. The van der Waals surface area contributed by atoms with Gasteiger partial charge in [0.2, 0.25) is 11.3 Å². The molecule has 2 heterocycles. The highest BCUT2D eigenvalue weighted by molar-refractivity contribution is 6.18. The zero-order valence-corrected chi connectivity index (χ0v) is 13.3. The summed E-state index contributed by atoms with van der Waals surface area (Å²) in [4.78, 5) is 30.9. The maximum Gasteiger partial charge on any atom is 0.337 e. The number of anilines is 1. The first-order valence-corrected chi connectivity index (χ1v) is 7.70. The van der Waals surface area contributed by atoms with E-state index in [0.717, 1.165) is 0 Å². The number of nitrogens with zero attached hydrogens (tertiary/aromatic N) is 2. The molecule has 1 unspecified atom stereocenters. The van der Waals surface area contributed by atoms with Crippen LogP contribution in [0, 0.1) is 0 Å².